The van der Waals surface area contributed by atoms with Crippen molar-refractivity contribution in [2.45, 2.75) is 33.0 Å². The van der Waals surface area contributed by atoms with Gasteiger partial charge in [0.15, 0.2) is 0 Å². The van der Waals surface area contributed by atoms with Gasteiger partial charge in [0.1, 0.15) is 0 Å². The van der Waals surface area contributed by atoms with Crippen molar-refractivity contribution in [2.24, 2.45) is 5.92 Å². The van der Waals surface area contributed by atoms with Gasteiger partial charge in [-0.25, -0.2) is 4.68 Å². The maximum atomic E-state index is 9.13. The van der Waals surface area contributed by atoms with Gasteiger partial charge >= 0.3 is 0 Å². The third-order valence-corrected chi connectivity index (χ3v) is 2.46. The molecule has 1 heterocycles. The Kier molecular flexibility index (Phi) is 5.37. The van der Waals surface area contributed by atoms with Crippen LogP contribution in [-0.2, 0) is 13.1 Å². The summed E-state index contributed by atoms with van der Waals surface area (Å²) in [6.45, 7) is 5.31. The second-order valence-electron chi connectivity index (χ2n) is 4.11. The molecular formula is C10H20N4O2. The largest absolute Gasteiger partial charge is 0.395 e. The smallest absolute Gasteiger partial charge is 0.0964 e. The number of hydrogen-bond donors (Lipinski definition) is 3. The molecule has 1 aromatic heterocycles. The predicted molar refractivity (Wildman–Crippen MR) is 59.7 cm³/mol. The van der Waals surface area contributed by atoms with Crippen molar-refractivity contribution in [3.8, 4) is 0 Å². The molecule has 16 heavy (non-hydrogen) atoms. The van der Waals surface area contributed by atoms with Crippen LogP contribution in [0, 0.1) is 5.92 Å². The Balaban J connectivity index is 2.41. The molecule has 0 unspecified atom stereocenters. The Bertz CT molecular complexity index is 301. The Labute approximate surface area is 95.3 Å². The summed E-state index contributed by atoms with van der Waals surface area (Å²) in [4.78, 5) is 0. The third-order valence-electron chi connectivity index (χ3n) is 2.46. The van der Waals surface area contributed by atoms with E-state index in [0.29, 0.717) is 19.0 Å². The number of hydrogen-bond acceptors (Lipinski definition) is 5. The summed E-state index contributed by atoms with van der Waals surface area (Å²) in [5.41, 5.74) is 0.813. The highest BCUT2D eigenvalue weighted by molar-refractivity contribution is 4.92. The molecule has 1 atom stereocenters. The number of nitrogens with zero attached hydrogens (tertiary/aromatic N) is 3. The second-order valence-corrected chi connectivity index (χ2v) is 4.11. The molecule has 0 aliphatic heterocycles. The van der Waals surface area contributed by atoms with E-state index in [0.717, 1.165) is 5.69 Å². The maximum absolute atomic E-state index is 9.13. The van der Waals surface area contributed by atoms with E-state index in [2.05, 4.69) is 29.5 Å². The van der Waals surface area contributed by atoms with Crippen LogP contribution < -0.4 is 5.32 Å². The number of aliphatic hydroxyl groups excluding tert-OH is 2. The Morgan fingerprint density at radius 1 is 1.44 bits per heavy atom. The lowest BCUT2D eigenvalue weighted by molar-refractivity contribution is 0.209. The van der Waals surface area contributed by atoms with Crippen molar-refractivity contribution in [2.75, 3.05) is 13.2 Å². The molecular weight excluding hydrogens is 208 g/mol. The molecule has 0 saturated heterocycles. The van der Waals surface area contributed by atoms with Crippen molar-refractivity contribution in [3.05, 3.63) is 11.9 Å². The zero-order valence-electron chi connectivity index (χ0n) is 9.80. The molecule has 0 aliphatic carbocycles. The van der Waals surface area contributed by atoms with E-state index in [1.165, 1.54) is 0 Å². The van der Waals surface area contributed by atoms with Crippen LogP contribution in [0.5, 0.6) is 0 Å². The number of aliphatic hydroxyl groups is 2. The average molecular weight is 228 g/mol. The van der Waals surface area contributed by atoms with Crippen molar-refractivity contribution in [1.82, 2.24) is 20.3 Å². The van der Waals surface area contributed by atoms with Crippen LogP contribution in [0.3, 0.4) is 0 Å². The van der Waals surface area contributed by atoms with Gasteiger partial charge < -0.3 is 15.5 Å². The van der Waals surface area contributed by atoms with Gasteiger partial charge in [-0.3, -0.25) is 0 Å². The molecule has 1 aromatic rings. The fourth-order valence-corrected chi connectivity index (χ4v) is 1.38. The summed E-state index contributed by atoms with van der Waals surface area (Å²) in [6, 6.07) is 0.0722. The molecule has 3 N–H and O–H groups in total. The first-order chi connectivity index (χ1) is 7.67. The molecule has 0 spiro atoms. The van der Waals surface area contributed by atoms with Crippen LogP contribution in [0.15, 0.2) is 6.20 Å². The average Bonchev–Trinajstić information content (AvgIpc) is 2.67. The standard InChI is InChI=1S/C10H20N4O2/c1-8(2)10(7-16)11-5-9-6-14(3-4-15)13-12-9/h6,8,10-11,15-16H,3-5,7H2,1-2H3/t10-/m1/s1. The molecule has 0 aliphatic rings. The summed E-state index contributed by atoms with van der Waals surface area (Å²) in [6.07, 6.45) is 1.79. The highest BCUT2D eigenvalue weighted by Crippen LogP contribution is 2.02. The van der Waals surface area contributed by atoms with Gasteiger partial charge in [-0.05, 0) is 5.92 Å². The van der Waals surface area contributed by atoms with E-state index in [4.69, 9.17) is 10.2 Å². The Hall–Kier alpha value is -0.980. The predicted octanol–water partition coefficient (Wildman–Crippen LogP) is -0.623. The summed E-state index contributed by atoms with van der Waals surface area (Å²) in [7, 11) is 0. The van der Waals surface area contributed by atoms with Gasteiger partial charge in [-0.2, -0.15) is 0 Å². The molecule has 0 radical (unpaired) electrons. The van der Waals surface area contributed by atoms with Crippen LogP contribution in [-0.4, -0.2) is 44.5 Å². The molecule has 92 valence electrons. The van der Waals surface area contributed by atoms with Gasteiger partial charge in [0.05, 0.1) is 25.5 Å². The maximum Gasteiger partial charge on any atom is 0.0964 e. The van der Waals surface area contributed by atoms with Gasteiger partial charge in [-0.1, -0.05) is 19.1 Å². The highest BCUT2D eigenvalue weighted by Gasteiger charge is 2.11. The first-order valence-electron chi connectivity index (χ1n) is 5.51. The Morgan fingerprint density at radius 3 is 2.75 bits per heavy atom. The number of rotatable bonds is 7. The normalized spacial score (nSPS) is 13.3. The molecule has 6 nitrogen and oxygen atoms in total. The van der Waals surface area contributed by atoms with Gasteiger partial charge in [0, 0.05) is 18.8 Å². The second kappa shape index (κ2) is 6.57. The van der Waals surface area contributed by atoms with Crippen LogP contribution in [0.2, 0.25) is 0 Å². The molecule has 0 bridgehead atoms. The van der Waals surface area contributed by atoms with Crippen molar-refractivity contribution in [3.63, 3.8) is 0 Å². The molecule has 0 amide bonds. The van der Waals surface area contributed by atoms with Gasteiger partial charge in [0.2, 0.25) is 0 Å². The zero-order chi connectivity index (χ0) is 12.0. The minimum absolute atomic E-state index is 0.0570. The lowest BCUT2D eigenvalue weighted by Crippen LogP contribution is -2.36. The fourth-order valence-electron chi connectivity index (χ4n) is 1.38. The molecule has 6 heteroatoms. The SMILES string of the molecule is CC(C)[C@@H](CO)NCc1cn(CCO)nn1. The van der Waals surface area contributed by atoms with Crippen LogP contribution >= 0.6 is 0 Å². The Morgan fingerprint density at radius 2 is 2.19 bits per heavy atom. The van der Waals surface area contributed by atoms with Crippen molar-refractivity contribution >= 4 is 0 Å². The highest BCUT2D eigenvalue weighted by atomic mass is 16.3. The zero-order valence-corrected chi connectivity index (χ0v) is 9.80. The van der Waals surface area contributed by atoms with E-state index < -0.39 is 0 Å². The summed E-state index contributed by atoms with van der Waals surface area (Å²) < 4.78 is 1.60. The molecule has 0 aromatic carbocycles. The quantitative estimate of drug-likeness (QED) is 0.579. The first-order valence-corrected chi connectivity index (χ1v) is 5.51. The van der Waals surface area contributed by atoms with Crippen LogP contribution in [0.4, 0.5) is 0 Å². The van der Waals surface area contributed by atoms with Crippen LogP contribution in [0.25, 0.3) is 0 Å². The number of nitrogens with one attached hydrogen (secondary N) is 1. The number of aromatic nitrogens is 3. The topological polar surface area (TPSA) is 83.2 Å². The lowest BCUT2D eigenvalue weighted by atomic mass is 10.1. The lowest BCUT2D eigenvalue weighted by Gasteiger charge is -2.18. The third kappa shape index (κ3) is 3.88. The summed E-state index contributed by atoms with van der Waals surface area (Å²) in [5, 5.41) is 28.9. The van der Waals surface area contributed by atoms with Crippen LogP contribution in [0.1, 0.15) is 19.5 Å². The molecule has 0 fully saturated rings. The summed E-state index contributed by atoms with van der Waals surface area (Å²) >= 11 is 0. The van der Waals surface area contributed by atoms with Crippen molar-refractivity contribution in [1.29, 1.82) is 0 Å². The van der Waals surface area contributed by atoms with E-state index in [-0.39, 0.29) is 19.3 Å². The van der Waals surface area contributed by atoms with E-state index in [9.17, 15) is 0 Å². The van der Waals surface area contributed by atoms with E-state index >= 15 is 0 Å². The van der Waals surface area contributed by atoms with Gasteiger partial charge in [0.25, 0.3) is 0 Å². The fraction of sp³-hybridized carbons (Fsp3) is 0.800. The minimum atomic E-state index is 0.0570. The molecule has 0 saturated carbocycles. The van der Waals surface area contributed by atoms with E-state index in [1.807, 2.05) is 0 Å². The van der Waals surface area contributed by atoms with Crippen molar-refractivity contribution < 1.29 is 10.2 Å². The van der Waals surface area contributed by atoms with E-state index in [1.54, 1.807) is 10.9 Å². The first kappa shape index (κ1) is 13.1. The molecule has 1 rings (SSSR count). The summed E-state index contributed by atoms with van der Waals surface area (Å²) in [5.74, 6) is 0.373. The minimum Gasteiger partial charge on any atom is -0.395 e. The monoisotopic (exact) mass is 228 g/mol. The van der Waals surface area contributed by atoms with Gasteiger partial charge in [-0.15, -0.1) is 5.10 Å².